The van der Waals surface area contributed by atoms with Crippen LogP contribution in [0.5, 0.6) is 0 Å². The van der Waals surface area contributed by atoms with Crippen LogP contribution in [0.2, 0.25) is 0 Å². The highest BCUT2D eigenvalue weighted by atomic mass is 16.2. The molecule has 1 saturated carbocycles. The Morgan fingerprint density at radius 2 is 2.00 bits per heavy atom. The molecule has 1 amide bonds. The van der Waals surface area contributed by atoms with Crippen LogP contribution >= 0.6 is 0 Å². The summed E-state index contributed by atoms with van der Waals surface area (Å²) in [5.74, 6) is 0.212. The summed E-state index contributed by atoms with van der Waals surface area (Å²) in [6.45, 7) is 4.16. The number of hydrogen-bond acceptors (Lipinski definition) is 1. The van der Waals surface area contributed by atoms with E-state index in [1.54, 1.807) is 0 Å². The van der Waals surface area contributed by atoms with Gasteiger partial charge in [0.2, 0.25) is 5.91 Å². The molecule has 0 heterocycles. The van der Waals surface area contributed by atoms with Crippen LogP contribution in [-0.2, 0) is 10.2 Å². The van der Waals surface area contributed by atoms with Gasteiger partial charge in [-0.2, -0.15) is 0 Å². The first kappa shape index (κ1) is 12.2. The lowest BCUT2D eigenvalue weighted by atomic mass is 9.63. The molecule has 1 unspecified atom stereocenters. The lowest BCUT2D eigenvalue weighted by molar-refractivity contribution is -0.130. The van der Waals surface area contributed by atoms with E-state index in [4.69, 9.17) is 0 Å². The minimum atomic E-state index is -0.245. The molecule has 0 saturated heterocycles. The third-order valence-corrected chi connectivity index (χ3v) is 3.96. The molecule has 1 aromatic rings. The van der Waals surface area contributed by atoms with Gasteiger partial charge in [0.05, 0.1) is 5.41 Å². The van der Waals surface area contributed by atoms with Crippen molar-refractivity contribution in [1.29, 1.82) is 0 Å². The van der Waals surface area contributed by atoms with Crippen molar-refractivity contribution in [3.05, 3.63) is 35.9 Å². The van der Waals surface area contributed by atoms with E-state index in [9.17, 15) is 4.79 Å². The Kier molecular flexibility index (Phi) is 3.51. The highest BCUT2D eigenvalue weighted by Gasteiger charge is 2.45. The van der Waals surface area contributed by atoms with Crippen molar-refractivity contribution >= 4 is 5.91 Å². The van der Waals surface area contributed by atoms with Crippen molar-refractivity contribution in [2.75, 3.05) is 0 Å². The number of hydrogen-bond donors (Lipinski definition) is 1. The first-order valence-corrected chi connectivity index (χ1v) is 6.55. The summed E-state index contributed by atoms with van der Waals surface area (Å²) in [4.78, 5) is 12.4. The number of benzene rings is 1. The molecular formula is C15H21NO. The zero-order valence-electron chi connectivity index (χ0n) is 10.7. The Morgan fingerprint density at radius 1 is 1.35 bits per heavy atom. The van der Waals surface area contributed by atoms with Gasteiger partial charge in [-0.05, 0) is 31.7 Å². The van der Waals surface area contributed by atoms with Crippen LogP contribution in [0.4, 0.5) is 0 Å². The molecule has 0 aromatic heterocycles. The number of carbonyl (C=O) groups excluding carboxylic acids is 1. The predicted molar refractivity (Wildman–Crippen MR) is 69.9 cm³/mol. The van der Waals surface area contributed by atoms with E-state index in [1.165, 1.54) is 5.56 Å². The van der Waals surface area contributed by atoms with Crippen molar-refractivity contribution in [2.24, 2.45) is 0 Å². The maximum atomic E-state index is 12.4. The third-order valence-electron chi connectivity index (χ3n) is 3.96. The molecule has 0 radical (unpaired) electrons. The quantitative estimate of drug-likeness (QED) is 0.848. The zero-order valence-corrected chi connectivity index (χ0v) is 10.7. The molecule has 0 aliphatic heterocycles. The minimum absolute atomic E-state index is 0.212. The van der Waals surface area contributed by atoms with Gasteiger partial charge < -0.3 is 5.32 Å². The van der Waals surface area contributed by atoms with E-state index >= 15 is 0 Å². The van der Waals surface area contributed by atoms with Crippen molar-refractivity contribution in [1.82, 2.24) is 5.32 Å². The normalized spacial score (nSPS) is 19.2. The Balaban J connectivity index is 2.18. The summed E-state index contributed by atoms with van der Waals surface area (Å²) >= 11 is 0. The van der Waals surface area contributed by atoms with Gasteiger partial charge in [-0.3, -0.25) is 4.79 Å². The topological polar surface area (TPSA) is 29.1 Å². The molecule has 2 heteroatoms. The molecule has 1 N–H and O–H groups in total. The average molecular weight is 231 g/mol. The number of amides is 1. The third kappa shape index (κ3) is 2.21. The fourth-order valence-electron chi connectivity index (χ4n) is 2.40. The molecule has 92 valence electrons. The summed E-state index contributed by atoms with van der Waals surface area (Å²) in [6, 6.07) is 10.5. The Labute approximate surface area is 103 Å². The molecule has 1 aromatic carbocycles. The van der Waals surface area contributed by atoms with Crippen LogP contribution in [0.1, 0.15) is 45.1 Å². The second-order valence-corrected chi connectivity index (χ2v) is 5.08. The van der Waals surface area contributed by atoms with Gasteiger partial charge in [0, 0.05) is 6.04 Å². The van der Waals surface area contributed by atoms with Gasteiger partial charge in [0.1, 0.15) is 0 Å². The second kappa shape index (κ2) is 4.91. The van der Waals surface area contributed by atoms with Gasteiger partial charge in [-0.15, -0.1) is 0 Å². The number of nitrogens with one attached hydrogen (secondary N) is 1. The average Bonchev–Trinajstić information content (AvgIpc) is 2.28. The van der Waals surface area contributed by atoms with Crippen molar-refractivity contribution in [3.63, 3.8) is 0 Å². The van der Waals surface area contributed by atoms with E-state index in [0.29, 0.717) is 0 Å². The monoisotopic (exact) mass is 231 g/mol. The summed E-state index contributed by atoms with van der Waals surface area (Å²) < 4.78 is 0. The van der Waals surface area contributed by atoms with Gasteiger partial charge in [0.15, 0.2) is 0 Å². The molecule has 1 fully saturated rings. The van der Waals surface area contributed by atoms with E-state index in [-0.39, 0.29) is 17.4 Å². The standard InChI is InChI=1S/C15H21NO/c1-3-12(2)16-14(17)15(10-7-11-15)13-8-5-4-6-9-13/h4-6,8-9,12H,3,7,10-11H2,1-2H3,(H,16,17). The first-order chi connectivity index (χ1) is 8.19. The first-order valence-electron chi connectivity index (χ1n) is 6.55. The Hall–Kier alpha value is -1.31. The Bertz CT molecular complexity index is 381. The lowest BCUT2D eigenvalue weighted by Crippen LogP contribution is -2.51. The van der Waals surface area contributed by atoms with Gasteiger partial charge in [-0.1, -0.05) is 43.7 Å². The molecule has 2 rings (SSSR count). The van der Waals surface area contributed by atoms with E-state index < -0.39 is 0 Å². The van der Waals surface area contributed by atoms with E-state index in [2.05, 4.69) is 31.3 Å². The number of carbonyl (C=O) groups is 1. The van der Waals surface area contributed by atoms with Crippen LogP contribution in [0.25, 0.3) is 0 Å². The summed E-state index contributed by atoms with van der Waals surface area (Å²) in [6.07, 6.45) is 4.11. The maximum absolute atomic E-state index is 12.4. The largest absolute Gasteiger partial charge is 0.353 e. The van der Waals surface area contributed by atoms with Gasteiger partial charge in [-0.25, -0.2) is 0 Å². The zero-order chi connectivity index (χ0) is 12.3. The summed E-state index contributed by atoms with van der Waals surface area (Å²) in [7, 11) is 0. The minimum Gasteiger partial charge on any atom is -0.353 e. The van der Waals surface area contributed by atoms with Crippen LogP contribution in [0.3, 0.4) is 0 Å². The molecule has 2 nitrogen and oxygen atoms in total. The molecule has 0 spiro atoms. The highest BCUT2D eigenvalue weighted by Crippen LogP contribution is 2.43. The van der Waals surface area contributed by atoms with Crippen LogP contribution in [0, 0.1) is 0 Å². The molecule has 1 atom stereocenters. The van der Waals surface area contributed by atoms with Crippen molar-refractivity contribution in [3.8, 4) is 0 Å². The lowest BCUT2D eigenvalue weighted by Gasteiger charge is -2.41. The summed E-state index contributed by atoms with van der Waals surface area (Å²) in [5, 5.41) is 3.13. The van der Waals surface area contributed by atoms with Crippen molar-refractivity contribution in [2.45, 2.75) is 51.0 Å². The van der Waals surface area contributed by atoms with Gasteiger partial charge >= 0.3 is 0 Å². The predicted octanol–water partition coefficient (Wildman–Crippen LogP) is 3.02. The van der Waals surface area contributed by atoms with Gasteiger partial charge in [0.25, 0.3) is 0 Å². The second-order valence-electron chi connectivity index (χ2n) is 5.08. The smallest absolute Gasteiger partial charge is 0.230 e. The van der Waals surface area contributed by atoms with E-state index in [0.717, 1.165) is 25.7 Å². The summed E-state index contributed by atoms with van der Waals surface area (Å²) in [5.41, 5.74) is 0.928. The van der Waals surface area contributed by atoms with Crippen LogP contribution in [-0.4, -0.2) is 11.9 Å². The maximum Gasteiger partial charge on any atom is 0.230 e. The Morgan fingerprint density at radius 3 is 2.47 bits per heavy atom. The molecule has 1 aliphatic rings. The van der Waals surface area contributed by atoms with Crippen LogP contribution < -0.4 is 5.32 Å². The highest BCUT2D eigenvalue weighted by molar-refractivity contribution is 5.89. The van der Waals surface area contributed by atoms with Crippen LogP contribution in [0.15, 0.2) is 30.3 Å². The van der Waals surface area contributed by atoms with E-state index in [1.807, 2.05) is 18.2 Å². The molecular weight excluding hydrogens is 210 g/mol. The molecule has 17 heavy (non-hydrogen) atoms. The van der Waals surface area contributed by atoms with Crippen molar-refractivity contribution < 1.29 is 4.79 Å². The molecule has 0 bridgehead atoms. The fourth-order valence-corrected chi connectivity index (χ4v) is 2.40. The fraction of sp³-hybridized carbons (Fsp3) is 0.533. The number of rotatable bonds is 4. The molecule has 1 aliphatic carbocycles. The SMILES string of the molecule is CCC(C)NC(=O)C1(c2ccccc2)CCC1.